The third-order valence-electron chi connectivity index (χ3n) is 12.0. The van der Waals surface area contributed by atoms with Crippen LogP contribution in [0.1, 0.15) is 97.7 Å². The van der Waals surface area contributed by atoms with Gasteiger partial charge >= 0.3 is 16.3 Å². The molecule has 2 atom stereocenters. The van der Waals surface area contributed by atoms with Gasteiger partial charge in [-0.2, -0.15) is 12.7 Å². The van der Waals surface area contributed by atoms with Crippen LogP contribution < -0.4 is 14.8 Å². The summed E-state index contributed by atoms with van der Waals surface area (Å²) in [5, 5.41) is 5.19. The SMILES string of the molecule is COc1ccc2c(c1)C(C)C(C)(NC1CCN(C(=O)OCc3ccccc3)CC1)Cn1c-2c(C2CCCCC2)c2ccc(C(=O)NS(=O)(=O)N(C)C)cc21. The van der Waals surface area contributed by atoms with Gasteiger partial charge in [-0.3, -0.25) is 4.79 Å². The monoisotopic (exact) mass is 755 g/mol. The first kappa shape index (κ1) is 37.9. The summed E-state index contributed by atoms with van der Waals surface area (Å²) in [5.74, 6) is 0.555. The molecule has 1 saturated heterocycles. The Kier molecular flexibility index (Phi) is 10.8. The molecule has 7 rings (SSSR count). The first-order valence-corrected chi connectivity index (χ1v) is 20.6. The van der Waals surface area contributed by atoms with E-state index in [1.807, 2.05) is 48.5 Å². The number of benzene rings is 3. The van der Waals surface area contributed by atoms with Crippen molar-refractivity contribution in [2.24, 2.45) is 0 Å². The van der Waals surface area contributed by atoms with Crippen molar-refractivity contribution in [2.75, 3.05) is 34.3 Å². The van der Waals surface area contributed by atoms with Gasteiger partial charge in [0.25, 0.3) is 5.91 Å². The Hall–Kier alpha value is -4.39. The van der Waals surface area contributed by atoms with Crippen molar-refractivity contribution in [3.63, 3.8) is 0 Å². The number of ether oxygens (including phenoxy) is 2. The number of hydrogen-bond donors (Lipinski definition) is 2. The summed E-state index contributed by atoms with van der Waals surface area (Å²) in [6, 6.07) is 21.9. The molecule has 3 heterocycles. The topological polar surface area (TPSA) is 122 Å². The van der Waals surface area contributed by atoms with Gasteiger partial charge in [-0.05, 0) is 85.5 Å². The summed E-state index contributed by atoms with van der Waals surface area (Å²) in [6.45, 7) is 6.62. The van der Waals surface area contributed by atoms with Gasteiger partial charge in [-0.15, -0.1) is 0 Å². The molecule has 54 heavy (non-hydrogen) atoms. The maximum atomic E-state index is 13.5. The predicted molar refractivity (Wildman–Crippen MR) is 211 cm³/mol. The zero-order valence-electron chi connectivity index (χ0n) is 32.1. The Morgan fingerprint density at radius 2 is 1.67 bits per heavy atom. The molecule has 0 radical (unpaired) electrons. The van der Waals surface area contributed by atoms with E-state index in [1.165, 1.54) is 50.2 Å². The average molecular weight is 756 g/mol. The molecule has 1 aromatic heterocycles. The van der Waals surface area contributed by atoms with Crippen molar-refractivity contribution in [1.82, 2.24) is 23.8 Å². The van der Waals surface area contributed by atoms with Gasteiger partial charge in [0.05, 0.1) is 12.8 Å². The molecule has 2 unspecified atom stereocenters. The molecular weight excluding hydrogens is 703 g/mol. The second kappa shape index (κ2) is 15.4. The largest absolute Gasteiger partial charge is 0.497 e. The van der Waals surface area contributed by atoms with Gasteiger partial charge in [-0.1, -0.05) is 62.6 Å². The van der Waals surface area contributed by atoms with Gasteiger partial charge in [-0.25, -0.2) is 9.52 Å². The molecule has 0 bridgehead atoms. The molecule has 1 aliphatic carbocycles. The van der Waals surface area contributed by atoms with Crippen molar-refractivity contribution in [1.29, 1.82) is 0 Å². The lowest BCUT2D eigenvalue weighted by Crippen LogP contribution is -2.56. The molecule has 3 aliphatic rings. The third-order valence-corrected chi connectivity index (χ3v) is 13.4. The summed E-state index contributed by atoms with van der Waals surface area (Å²) in [6.07, 6.45) is 7.04. The fraction of sp³-hybridized carbons (Fsp3) is 0.476. The van der Waals surface area contributed by atoms with Crippen molar-refractivity contribution in [3.8, 4) is 17.0 Å². The fourth-order valence-electron chi connectivity index (χ4n) is 8.75. The summed E-state index contributed by atoms with van der Waals surface area (Å²) in [7, 11) is 0.513. The summed E-state index contributed by atoms with van der Waals surface area (Å²) < 4.78 is 42.4. The lowest BCUT2D eigenvalue weighted by Gasteiger charge is -2.42. The van der Waals surface area contributed by atoms with Gasteiger partial charge < -0.3 is 24.3 Å². The lowest BCUT2D eigenvalue weighted by molar-refractivity contribution is 0.0813. The zero-order valence-corrected chi connectivity index (χ0v) is 32.9. The normalized spacial score (nSPS) is 21.0. The summed E-state index contributed by atoms with van der Waals surface area (Å²) in [5.41, 5.74) is 6.54. The van der Waals surface area contributed by atoms with Crippen LogP contribution in [-0.2, 0) is 28.1 Å². The fourth-order valence-corrected chi connectivity index (χ4v) is 9.28. The van der Waals surface area contributed by atoms with Gasteiger partial charge in [0.2, 0.25) is 0 Å². The number of likely N-dealkylation sites (tertiary alicyclic amines) is 1. The average Bonchev–Trinajstić information content (AvgIpc) is 3.45. The molecule has 2 fully saturated rings. The van der Waals surface area contributed by atoms with Gasteiger partial charge in [0.15, 0.2) is 0 Å². The molecule has 2 N–H and O–H groups in total. The number of amides is 2. The molecule has 3 aromatic carbocycles. The highest BCUT2D eigenvalue weighted by Gasteiger charge is 2.42. The van der Waals surface area contributed by atoms with Gasteiger partial charge in [0.1, 0.15) is 12.4 Å². The number of aromatic nitrogens is 1. The number of nitrogens with zero attached hydrogens (tertiary/aromatic N) is 3. The molecule has 1 saturated carbocycles. The second-order valence-corrected chi connectivity index (χ2v) is 17.6. The van der Waals surface area contributed by atoms with E-state index in [9.17, 15) is 18.0 Å². The molecular formula is C42H53N5O6S. The van der Waals surface area contributed by atoms with Crippen LogP contribution in [0.25, 0.3) is 22.2 Å². The Balaban J connectivity index is 1.25. The first-order chi connectivity index (χ1) is 25.9. The van der Waals surface area contributed by atoms with Crippen LogP contribution in [0.5, 0.6) is 5.75 Å². The number of piperidine rings is 1. The molecule has 12 heteroatoms. The predicted octanol–water partition coefficient (Wildman–Crippen LogP) is 7.17. The standard InChI is InChI=1S/C42H53N5O6S/c1-28-36-25-33(52-5)17-19-34(36)39-38(30-14-10-7-11-15-30)35-18-16-31(40(48)44-54(50,51)45(3)4)24-37(35)47(39)27-42(28,2)43-32-20-22-46(23-21-32)41(49)53-26-29-12-8-6-9-13-29/h6,8-9,12-13,16-19,24-25,28,30,32,43H,7,10-11,14-15,20-23,26-27H2,1-5H3,(H,44,48). The van der Waals surface area contributed by atoms with Crippen LogP contribution in [0.4, 0.5) is 4.79 Å². The highest BCUT2D eigenvalue weighted by Crippen LogP contribution is 2.50. The third kappa shape index (κ3) is 7.48. The van der Waals surface area contributed by atoms with Crippen LogP contribution in [0, 0.1) is 0 Å². The molecule has 4 aromatic rings. The number of nitrogens with one attached hydrogen (secondary N) is 2. The van der Waals surface area contributed by atoms with E-state index in [4.69, 9.17) is 9.47 Å². The summed E-state index contributed by atoms with van der Waals surface area (Å²) >= 11 is 0. The number of fused-ring (bicyclic) bond motifs is 5. The van der Waals surface area contributed by atoms with Gasteiger partial charge in [0, 0.05) is 73.3 Å². The van der Waals surface area contributed by atoms with E-state index in [-0.39, 0.29) is 30.2 Å². The van der Waals surface area contributed by atoms with Crippen LogP contribution in [0.3, 0.4) is 0 Å². The Bertz CT molecular complexity index is 2120. The number of rotatable bonds is 9. The van der Waals surface area contributed by atoms with Crippen molar-refractivity contribution < 1.29 is 27.5 Å². The number of carbonyl (C=O) groups excluding carboxylic acids is 2. The quantitative estimate of drug-likeness (QED) is 0.186. The van der Waals surface area contributed by atoms with E-state index in [2.05, 4.69) is 40.6 Å². The first-order valence-electron chi connectivity index (χ1n) is 19.2. The maximum absolute atomic E-state index is 13.5. The highest BCUT2D eigenvalue weighted by atomic mass is 32.2. The van der Waals surface area contributed by atoms with Crippen LogP contribution in [-0.4, -0.2) is 80.1 Å². The lowest BCUT2D eigenvalue weighted by atomic mass is 9.77. The molecule has 2 aliphatic heterocycles. The number of hydrogen-bond acceptors (Lipinski definition) is 7. The highest BCUT2D eigenvalue weighted by molar-refractivity contribution is 7.87. The van der Waals surface area contributed by atoms with Crippen LogP contribution in [0.15, 0.2) is 66.7 Å². The van der Waals surface area contributed by atoms with Crippen molar-refractivity contribution >= 4 is 33.1 Å². The minimum absolute atomic E-state index is 0.0577. The van der Waals surface area contributed by atoms with E-state index in [1.54, 1.807) is 18.1 Å². The minimum Gasteiger partial charge on any atom is -0.497 e. The van der Waals surface area contributed by atoms with E-state index >= 15 is 0 Å². The zero-order chi connectivity index (χ0) is 38.2. The number of carbonyl (C=O) groups is 2. The Morgan fingerprint density at radius 3 is 2.35 bits per heavy atom. The molecule has 11 nitrogen and oxygen atoms in total. The smallest absolute Gasteiger partial charge is 0.410 e. The molecule has 2 amide bonds. The van der Waals surface area contributed by atoms with E-state index in [0.29, 0.717) is 25.6 Å². The number of methoxy groups -OCH3 is 1. The van der Waals surface area contributed by atoms with E-state index in [0.717, 1.165) is 57.8 Å². The second-order valence-electron chi connectivity index (χ2n) is 15.7. The minimum atomic E-state index is -3.98. The van der Waals surface area contributed by atoms with Crippen LogP contribution >= 0.6 is 0 Å². The van der Waals surface area contributed by atoms with Crippen LogP contribution in [0.2, 0.25) is 0 Å². The summed E-state index contributed by atoms with van der Waals surface area (Å²) in [4.78, 5) is 28.3. The molecule has 288 valence electrons. The Morgan fingerprint density at radius 1 is 0.944 bits per heavy atom. The maximum Gasteiger partial charge on any atom is 0.410 e. The van der Waals surface area contributed by atoms with Crippen molar-refractivity contribution in [2.45, 2.75) is 95.4 Å². The van der Waals surface area contributed by atoms with Crippen molar-refractivity contribution in [3.05, 3.63) is 89.0 Å². The molecule has 0 spiro atoms. The Labute approximate surface area is 319 Å². The van der Waals surface area contributed by atoms with E-state index < -0.39 is 21.7 Å².